The molecule has 0 aliphatic carbocycles. The van der Waals surface area contributed by atoms with Gasteiger partial charge in [0.1, 0.15) is 0 Å². The van der Waals surface area contributed by atoms with Gasteiger partial charge in [-0.05, 0) is 30.2 Å². The quantitative estimate of drug-likeness (QED) is 0.605. The Morgan fingerprint density at radius 1 is 1.00 bits per heavy atom. The molecule has 0 heterocycles. The van der Waals surface area contributed by atoms with E-state index in [-0.39, 0.29) is 10.6 Å². The summed E-state index contributed by atoms with van der Waals surface area (Å²) in [5.74, 6) is 0. The molecule has 0 bridgehead atoms. The summed E-state index contributed by atoms with van der Waals surface area (Å²) in [7, 11) is 0. The lowest BCUT2D eigenvalue weighted by molar-refractivity contribution is -0.375. The number of nitro groups is 1. The SMILES string of the molecule is O=[N+]([O-])C(=CCc1ccccc1)c1ccccc1. The Morgan fingerprint density at radius 2 is 1.56 bits per heavy atom. The van der Waals surface area contributed by atoms with Crippen LogP contribution in [0.25, 0.3) is 5.70 Å². The first kappa shape index (κ1) is 12.0. The molecule has 2 rings (SSSR count). The van der Waals surface area contributed by atoms with Gasteiger partial charge in [0, 0.05) is 0 Å². The van der Waals surface area contributed by atoms with E-state index in [9.17, 15) is 10.1 Å². The van der Waals surface area contributed by atoms with Crippen LogP contribution in [0.4, 0.5) is 0 Å². The Morgan fingerprint density at radius 3 is 2.11 bits per heavy atom. The zero-order valence-corrected chi connectivity index (χ0v) is 9.82. The fourth-order valence-electron chi connectivity index (χ4n) is 1.74. The van der Waals surface area contributed by atoms with E-state index in [1.165, 1.54) is 0 Å². The minimum atomic E-state index is -0.335. The highest BCUT2D eigenvalue weighted by Gasteiger charge is 2.12. The molecule has 0 radical (unpaired) electrons. The molecule has 2 aromatic carbocycles. The number of rotatable bonds is 4. The molecule has 0 atom stereocenters. The third-order valence-electron chi connectivity index (χ3n) is 2.64. The number of nitrogens with zero attached hydrogens (tertiary/aromatic N) is 1. The summed E-state index contributed by atoms with van der Waals surface area (Å²) in [6.45, 7) is 0. The van der Waals surface area contributed by atoms with Crippen LogP contribution < -0.4 is 0 Å². The Labute approximate surface area is 106 Å². The average Bonchev–Trinajstić information content (AvgIpc) is 2.41. The molecule has 3 heteroatoms. The summed E-state index contributed by atoms with van der Waals surface area (Å²) in [5, 5.41) is 11.1. The number of allylic oxidation sites excluding steroid dienone is 1. The Balaban J connectivity index is 2.24. The first-order chi connectivity index (χ1) is 8.77. The van der Waals surface area contributed by atoms with E-state index < -0.39 is 0 Å². The topological polar surface area (TPSA) is 43.1 Å². The van der Waals surface area contributed by atoms with Gasteiger partial charge in [-0.25, -0.2) is 0 Å². The van der Waals surface area contributed by atoms with Gasteiger partial charge in [-0.15, -0.1) is 0 Å². The van der Waals surface area contributed by atoms with E-state index in [2.05, 4.69) is 0 Å². The van der Waals surface area contributed by atoms with Crippen molar-refractivity contribution in [2.75, 3.05) is 0 Å². The summed E-state index contributed by atoms with van der Waals surface area (Å²) in [6, 6.07) is 18.6. The first-order valence-corrected chi connectivity index (χ1v) is 5.71. The van der Waals surface area contributed by atoms with E-state index in [1.54, 1.807) is 30.3 Å². The van der Waals surface area contributed by atoms with E-state index in [0.29, 0.717) is 12.0 Å². The van der Waals surface area contributed by atoms with Gasteiger partial charge in [-0.1, -0.05) is 48.5 Å². The molecule has 0 aromatic heterocycles. The van der Waals surface area contributed by atoms with Crippen molar-refractivity contribution in [2.45, 2.75) is 6.42 Å². The van der Waals surface area contributed by atoms with E-state index in [0.717, 1.165) is 5.56 Å². The molecular weight excluding hydrogens is 226 g/mol. The summed E-state index contributed by atoms with van der Waals surface area (Å²) in [5.41, 5.74) is 1.85. The fraction of sp³-hybridized carbons (Fsp3) is 0.0667. The minimum absolute atomic E-state index is 0.152. The largest absolute Gasteiger partial charge is 0.272 e. The predicted molar refractivity (Wildman–Crippen MR) is 71.6 cm³/mol. The van der Waals surface area contributed by atoms with Gasteiger partial charge in [-0.3, -0.25) is 10.1 Å². The van der Waals surface area contributed by atoms with Crippen LogP contribution in [0.1, 0.15) is 11.1 Å². The molecule has 0 saturated carbocycles. The minimum Gasteiger partial charge on any atom is -0.258 e. The molecule has 0 N–H and O–H groups in total. The molecule has 0 unspecified atom stereocenters. The summed E-state index contributed by atoms with van der Waals surface area (Å²) in [6.07, 6.45) is 2.22. The highest BCUT2D eigenvalue weighted by molar-refractivity contribution is 5.58. The Bertz CT molecular complexity index is 547. The summed E-state index contributed by atoms with van der Waals surface area (Å²) >= 11 is 0. The third-order valence-corrected chi connectivity index (χ3v) is 2.64. The van der Waals surface area contributed by atoms with Gasteiger partial charge in [0.15, 0.2) is 0 Å². The summed E-state index contributed by atoms with van der Waals surface area (Å²) < 4.78 is 0. The van der Waals surface area contributed by atoms with Gasteiger partial charge in [-0.2, -0.15) is 0 Å². The monoisotopic (exact) mass is 239 g/mol. The molecule has 2 aromatic rings. The van der Waals surface area contributed by atoms with E-state index in [1.807, 2.05) is 36.4 Å². The Hall–Kier alpha value is -2.42. The second kappa shape index (κ2) is 5.77. The van der Waals surface area contributed by atoms with E-state index >= 15 is 0 Å². The lowest BCUT2D eigenvalue weighted by Gasteiger charge is -1.99. The lowest BCUT2D eigenvalue weighted by atomic mass is 10.1. The first-order valence-electron chi connectivity index (χ1n) is 5.71. The summed E-state index contributed by atoms with van der Waals surface area (Å²) in [4.78, 5) is 10.7. The molecule has 0 aliphatic heterocycles. The van der Waals surface area contributed by atoms with Crippen LogP contribution in [-0.4, -0.2) is 4.92 Å². The molecule has 0 aliphatic rings. The van der Waals surface area contributed by atoms with Crippen molar-refractivity contribution in [1.82, 2.24) is 0 Å². The Kier molecular flexibility index (Phi) is 3.86. The van der Waals surface area contributed by atoms with Crippen molar-refractivity contribution >= 4 is 5.70 Å². The van der Waals surface area contributed by atoms with Crippen LogP contribution in [0.5, 0.6) is 0 Å². The maximum atomic E-state index is 11.1. The molecular formula is C15H13NO2. The number of hydrogen-bond acceptors (Lipinski definition) is 2. The molecule has 90 valence electrons. The average molecular weight is 239 g/mol. The van der Waals surface area contributed by atoms with Gasteiger partial charge < -0.3 is 0 Å². The highest BCUT2D eigenvalue weighted by Crippen LogP contribution is 2.15. The molecule has 0 spiro atoms. The fourth-order valence-corrected chi connectivity index (χ4v) is 1.74. The van der Waals surface area contributed by atoms with Gasteiger partial charge >= 0.3 is 0 Å². The van der Waals surface area contributed by atoms with Gasteiger partial charge in [0.05, 0.1) is 10.5 Å². The second-order valence-electron chi connectivity index (χ2n) is 3.90. The highest BCUT2D eigenvalue weighted by atomic mass is 16.6. The van der Waals surface area contributed by atoms with Crippen LogP contribution in [0.2, 0.25) is 0 Å². The molecule has 3 nitrogen and oxygen atoms in total. The van der Waals surface area contributed by atoms with Crippen LogP contribution in [0.3, 0.4) is 0 Å². The van der Waals surface area contributed by atoms with Crippen molar-refractivity contribution in [3.8, 4) is 0 Å². The zero-order valence-electron chi connectivity index (χ0n) is 9.82. The third kappa shape index (κ3) is 3.04. The molecule has 0 fully saturated rings. The lowest BCUT2D eigenvalue weighted by Crippen LogP contribution is -1.98. The number of hydrogen-bond donors (Lipinski definition) is 0. The molecule has 0 saturated heterocycles. The maximum absolute atomic E-state index is 11.1. The van der Waals surface area contributed by atoms with Gasteiger partial charge in [0.25, 0.3) is 5.70 Å². The van der Waals surface area contributed by atoms with Crippen molar-refractivity contribution < 1.29 is 4.92 Å². The van der Waals surface area contributed by atoms with Crippen LogP contribution in [0.15, 0.2) is 66.7 Å². The maximum Gasteiger partial charge on any atom is 0.272 e. The van der Waals surface area contributed by atoms with Crippen LogP contribution >= 0.6 is 0 Å². The molecule has 18 heavy (non-hydrogen) atoms. The second-order valence-corrected chi connectivity index (χ2v) is 3.90. The zero-order chi connectivity index (χ0) is 12.8. The number of benzene rings is 2. The van der Waals surface area contributed by atoms with Crippen molar-refractivity contribution in [3.63, 3.8) is 0 Å². The van der Waals surface area contributed by atoms with E-state index in [4.69, 9.17) is 0 Å². The smallest absolute Gasteiger partial charge is 0.258 e. The van der Waals surface area contributed by atoms with Crippen molar-refractivity contribution in [1.29, 1.82) is 0 Å². The normalized spacial score (nSPS) is 11.2. The predicted octanol–water partition coefficient (Wildman–Crippen LogP) is 3.55. The van der Waals surface area contributed by atoms with Crippen LogP contribution in [-0.2, 0) is 6.42 Å². The van der Waals surface area contributed by atoms with Crippen molar-refractivity contribution in [2.24, 2.45) is 0 Å². The molecule has 0 amide bonds. The standard InChI is InChI=1S/C15H13NO2/c17-16(18)15(14-9-5-2-6-10-14)12-11-13-7-3-1-4-8-13/h1-10,12H,11H2. The van der Waals surface area contributed by atoms with Gasteiger partial charge in [0.2, 0.25) is 0 Å². The van der Waals surface area contributed by atoms with Crippen LogP contribution in [0, 0.1) is 10.1 Å². The van der Waals surface area contributed by atoms with Crippen molar-refractivity contribution in [3.05, 3.63) is 88.0 Å².